The lowest BCUT2D eigenvalue weighted by atomic mass is 10.0. The summed E-state index contributed by atoms with van der Waals surface area (Å²) in [4.78, 5) is 10.9. The standard InChI is InChI=1S/C21H27N7O4/c1-21(2,3)27-20(24-25-26-27)18(23-12-14-7-5-6-13(8-14)11-22)15-9-16(28(30)31)19(29)17(10-15)32-4/h5-10,18,23,29H,11-12,22H2,1-4H3. The number of hydrogen-bond donors (Lipinski definition) is 3. The lowest BCUT2D eigenvalue weighted by Crippen LogP contribution is -2.32. The zero-order valence-electron chi connectivity index (χ0n) is 18.4. The van der Waals surface area contributed by atoms with Gasteiger partial charge in [0, 0.05) is 19.2 Å². The Morgan fingerprint density at radius 1 is 1.28 bits per heavy atom. The molecule has 2 aromatic carbocycles. The molecule has 0 bridgehead atoms. The fourth-order valence-corrected chi connectivity index (χ4v) is 3.37. The summed E-state index contributed by atoms with van der Waals surface area (Å²) < 4.78 is 6.84. The number of phenols is 1. The second kappa shape index (κ2) is 9.28. The van der Waals surface area contributed by atoms with E-state index in [-0.39, 0.29) is 5.75 Å². The highest BCUT2D eigenvalue weighted by Crippen LogP contribution is 2.39. The molecule has 0 radical (unpaired) electrons. The van der Waals surface area contributed by atoms with Crippen LogP contribution in [-0.2, 0) is 18.6 Å². The van der Waals surface area contributed by atoms with E-state index in [2.05, 4.69) is 20.8 Å². The van der Waals surface area contributed by atoms with Gasteiger partial charge < -0.3 is 15.6 Å². The van der Waals surface area contributed by atoms with Crippen molar-refractivity contribution in [2.75, 3.05) is 7.11 Å². The van der Waals surface area contributed by atoms with E-state index in [9.17, 15) is 15.2 Å². The third-order valence-corrected chi connectivity index (χ3v) is 4.95. The number of aromatic hydroxyl groups is 1. The number of phenolic OH excluding ortho intramolecular Hbond substituents is 1. The minimum absolute atomic E-state index is 0.0130. The van der Waals surface area contributed by atoms with Gasteiger partial charge in [-0.15, -0.1) is 5.10 Å². The molecule has 0 fully saturated rings. The molecule has 1 atom stereocenters. The molecule has 170 valence electrons. The number of benzene rings is 2. The van der Waals surface area contributed by atoms with Crippen LogP contribution in [0.25, 0.3) is 0 Å². The summed E-state index contributed by atoms with van der Waals surface area (Å²) >= 11 is 0. The fraction of sp³-hybridized carbons (Fsp3) is 0.381. The number of nitrogens with two attached hydrogens (primary N) is 1. The molecule has 3 rings (SSSR count). The summed E-state index contributed by atoms with van der Waals surface area (Å²) in [5.74, 6) is -0.0820. The number of rotatable bonds is 8. The van der Waals surface area contributed by atoms with Gasteiger partial charge in [0.2, 0.25) is 5.75 Å². The number of hydrogen-bond acceptors (Lipinski definition) is 9. The van der Waals surface area contributed by atoms with Crippen LogP contribution in [0.4, 0.5) is 5.69 Å². The van der Waals surface area contributed by atoms with Gasteiger partial charge in [0.1, 0.15) is 0 Å². The van der Waals surface area contributed by atoms with Crippen molar-refractivity contribution in [3.8, 4) is 11.5 Å². The molecule has 0 saturated carbocycles. The molecule has 0 aliphatic carbocycles. The van der Waals surface area contributed by atoms with Gasteiger partial charge in [-0.25, -0.2) is 4.68 Å². The smallest absolute Gasteiger partial charge is 0.315 e. The first-order chi connectivity index (χ1) is 15.2. The molecule has 0 amide bonds. The first-order valence-corrected chi connectivity index (χ1v) is 10.0. The van der Waals surface area contributed by atoms with Crippen LogP contribution in [0, 0.1) is 10.1 Å². The van der Waals surface area contributed by atoms with Crippen LogP contribution < -0.4 is 15.8 Å². The van der Waals surface area contributed by atoms with Gasteiger partial charge >= 0.3 is 5.69 Å². The van der Waals surface area contributed by atoms with E-state index in [4.69, 9.17) is 10.5 Å². The maximum Gasteiger partial charge on any atom is 0.315 e. The normalized spacial score (nSPS) is 12.5. The Kier molecular flexibility index (Phi) is 6.70. The number of ether oxygens (including phenoxy) is 1. The SMILES string of the molecule is COc1cc(C(NCc2cccc(CN)c2)c2nnnn2C(C)(C)C)cc([N+](=O)[O-])c1O. The molecule has 32 heavy (non-hydrogen) atoms. The maximum absolute atomic E-state index is 11.5. The van der Waals surface area contributed by atoms with Gasteiger partial charge in [-0.3, -0.25) is 15.4 Å². The second-order valence-electron chi connectivity index (χ2n) is 8.31. The number of nitro groups is 1. The third kappa shape index (κ3) is 4.84. The van der Waals surface area contributed by atoms with Crippen molar-refractivity contribution < 1.29 is 14.8 Å². The summed E-state index contributed by atoms with van der Waals surface area (Å²) in [5.41, 5.74) is 7.29. The molecule has 1 heterocycles. The second-order valence-corrected chi connectivity index (χ2v) is 8.31. The predicted octanol–water partition coefficient (Wildman–Crippen LogP) is 2.39. The van der Waals surface area contributed by atoms with Crippen molar-refractivity contribution in [2.45, 2.75) is 45.4 Å². The Morgan fingerprint density at radius 2 is 2.00 bits per heavy atom. The molecule has 11 nitrogen and oxygen atoms in total. The van der Waals surface area contributed by atoms with Gasteiger partial charge in [-0.1, -0.05) is 24.3 Å². The van der Waals surface area contributed by atoms with E-state index in [1.54, 1.807) is 4.68 Å². The monoisotopic (exact) mass is 441 g/mol. The first-order valence-electron chi connectivity index (χ1n) is 10.0. The molecule has 3 aromatic rings. The van der Waals surface area contributed by atoms with Crippen LogP contribution in [0.5, 0.6) is 11.5 Å². The van der Waals surface area contributed by atoms with Gasteiger partial charge in [0.15, 0.2) is 11.6 Å². The number of nitrogens with zero attached hydrogens (tertiary/aromatic N) is 5. The minimum atomic E-state index is -0.657. The van der Waals surface area contributed by atoms with Crippen LogP contribution in [0.1, 0.15) is 49.3 Å². The molecular formula is C21H27N7O4. The molecular weight excluding hydrogens is 414 g/mol. The molecule has 4 N–H and O–H groups in total. The van der Waals surface area contributed by atoms with Crippen molar-refractivity contribution in [3.05, 3.63) is 69.0 Å². The zero-order valence-corrected chi connectivity index (χ0v) is 18.4. The van der Waals surface area contributed by atoms with Gasteiger partial charge in [0.05, 0.1) is 23.6 Å². The highest BCUT2D eigenvalue weighted by Gasteiger charge is 2.30. The summed E-state index contributed by atoms with van der Waals surface area (Å²) in [6.07, 6.45) is 0. The lowest BCUT2D eigenvalue weighted by molar-refractivity contribution is -0.386. The van der Waals surface area contributed by atoms with Crippen molar-refractivity contribution in [1.82, 2.24) is 25.5 Å². The number of methoxy groups -OCH3 is 1. The summed E-state index contributed by atoms with van der Waals surface area (Å²) in [6, 6.07) is 10.0. The Balaban J connectivity index is 2.10. The number of aromatic nitrogens is 4. The van der Waals surface area contributed by atoms with Crippen LogP contribution >= 0.6 is 0 Å². The van der Waals surface area contributed by atoms with Gasteiger partial charge in [-0.05, 0) is 54.0 Å². The van der Waals surface area contributed by atoms with Crippen LogP contribution in [-0.4, -0.2) is 37.3 Å². The fourth-order valence-electron chi connectivity index (χ4n) is 3.37. The number of nitro benzene ring substituents is 1. The lowest BCUT2D eigenvalue weighted by Gasteiger charge is -2.25. The van der Waals surface area contributed by atoms with Crippen molar-refractivity contribution >= 4 is 5.69 Å². The van der Waals surface area contributed by atoms with Crippen molar-refractivity contribution in [3.63, 3.8) is 0 Å². The number of tetrazole rings is 1. The minimum Gasteiger partial charge on any atom is -0.500 e. The van der Waals surface area contributed by atoms with Crippen molar-refractivity contribution in [1.29, 1.82) is 0 Å². The highest BCUT2D eigenvalue weighted by molar-refractivity contribution is 5.58. The van der Waals surface area contributed by atoms with E-state index in [0.29, 0.717) is 24.5 Å². The average Bonchev–Trinajstić information content (AvgIpc) is 3.25. The topological polar surface area (TPSA) is 154 Å². The van der Waals surface area contributed by atoms with E-state index >= 15 is 0 Å². The summed E-state index contributed by atoms with van der Waals surface area (Å²) in [7, 11) is 1.34. The summed E-state index contributed by atoms with van der Waals surface area (Å²) in [5, 5.41) is 37.3. The molecule has 0 saturated heterocycles. The van der Waals surface area contributed by atoms with Crippen LogP contribution in [0.3, 0.4) is 0 Å². The maximum atomic E-state index is 11.5. The van der Waals surface area contributed by atoms with E-state index in [1.165, 1.54) is 19.2 Å². The Bertz CT molecular complexity index is 1110. The molecule has 1 unspecified atom stereocenters. The predicted molar refractivity (Wildman–Crippen MR) is 117 cm³/mol. The largest absolute Gasteiger partial charge is 0.500 e. The molecule has 0 spiro atoms. The number of nitrogens with one attached hydrogen (secondary N) is 1. The van der Waals surface area contributed by atoms with Crippen LogP contribution in [0.2, 0.25) is 0 Å². The molecule has 11 heteroatoms. The average molecular weight is 441 g/mol. The summed E-state index contributed by atoms with van der Waals surface area (Å²) in [6.45, 7) is 6.70. The molecule has 1 aromatic heterocycles. The molecule has 0 aliphatic heterocycles. The first kappa shape index (κ1) is 23.1. The Morgan fingerprint density at radius 3 is 2.62 bits per heavy atom. The molecule has 0 aliphatic rings. The Hall–Kier alpha value is -3.57. The van der Waals surface area contributed by atoms with Gasteiger partial charge in [-0.2, -0.15) is 0 Å². The van der Waals surface area contributed by atoms with Crippen molar-refractivity contribution in [2.24, 2.45) is 5.73 Å². The van der Waals surface area contributed by atoms with E-state index in [1.807, 2.05) is 45.0 Å². The Labute approximate surface area is 185 Å². The quantitative estimate of drug-likeness (QED) is 0.353. The highest BCUT2D eigenvalue weighted by atomic mass is 16.6. The third-order valence-electron chi connectivity index (χ3n) is 4.95. The van der Waals surface area contributed by atoms with Crippen LogP contribution in [0.15, 0.2) is 36.4 Å². The zero-order chi connectivity index (χ0) is 23.5. The van der Waals surface area contributed by atoms with Gasteiger partial charge in [0.25, 0.3) is 0 Å². The van der Waals surface area contributed by atoms with E-state index in [0.717, 1.165) is 11.1 Å². The van der Waals surface area contributed by atoms with E-state index < -0.39 is 27.9 Å².